The maximum absolute atomic E-state index is 11.7. The molecule has 0 amide bonds. The van der Waals surface area contributed by atoms with E-state index in [1.165, 1.54) is 6.20 Å². The zero-order valence-electron chi connectivity index (χ0n) is 10.3. The minimum atomic E-state index is -0.387. The van der Waals surface area contributed by atoms with Gasteiger partial charge in [-0.2, -0.15) is 5.10 Å². The Kier molecular flexibility index (Phi) is 4.96. The van der Waals surface area contributed by atoms with Crippen LogP contribution in [0.2, 0.25) is 5.02 Å². The molecule has 1 heterocycles. The average molecular weight is 260 g/mol. The van der Waals surface area contributed by atoms with Gasteiger partial charge in [-0.05, 0) is 12.8 Å². The highest BCUT2D eigenvalue weighted by molar-refractivity contribution is 6.32. The van der Waals surface area contributed by atoms with E-state index in [2.05, 4.69) is 24.3 Å². The van der Waals surface area contributed by atoms with Gasteiger partial charge in [0, 0.05) is 6.04 Å². The molecule has 0 aliphatic carbocycles. The standard InChI is InChI=1S/C11H18ClN3O2/c1-7(2)8(3)14-9-6-13-15(4-5-16)11(17)10(9)12/h6-8,14,16H,4-5H2,1-3H3. The average Bonchev–Trinajstić information content (AvgIpc) is 2.28. The Bertz CT molecular complexity index is 431. The quantitative estimate of drug-likeness (QED) is 0.838. The first-order valence-corrected chi connectivity index (χ1v) is 5.98. The summed E-state index contributed by atoms with van der Waals surface area (Å²) < 4.78 is 1.15. The second kappa shape index (κ2) is 6.02. The molecule has 1 unspecified atom stereocenters. The molecule has 17 heavy (non-hydrogen) atoms. The zero-order valence-corrected chi connectivity index (χ0v) is 11.0. The number of halogens is 1. The van der Waals surface area contributed by atoms with Gasteiger partial charge in [0.1, 0.15) is 5.02 Å². The molecular formula is C11H18ClN3O2. The molecule has 2 N–H and O–H groups in total. The van der Waals surface area contributed by atoms with Crippen LogP contribution >= 0.6 is 11.6 Å². The normalized spacial score (nSPS) is 12.8. The molecule has 0 aromatic carbocycles. The number of hydrogen-bond donors (Lipinski definition) is 2. The topological polar surface area (TPSA) is 67.2 Å². The lowest BCUT2D eigenvalue weighted by atomic mass is 10.1. The molecule has 0 saturated carbocycles. The molecule has 0 bridgehead atoms. The first-order chi connectivity index (χ1) is 7.97. The minimum absolute atomic E-state index is 0.112. The fraction of sp³-hybridized carbons (Fsp3) is 0.636. The van der Waals surface area contributed by atoms with Gasteiger partial charge in [0.25, 0.3) is 5.56 Å². The summed E-state index contributed by atoms with van der Waals surface area (Å²) in [6, 6.07) is 0.197. The first-order valence-electron chi connectivity index (χ1n) is 5.60. The smallest absolute Gasteiger partial charge is 0.287 e. The summed E-state index contributed by atoms with van der Waals surface area (Å²) in [7, 11) is 0. The highest BCUT2D eigenvalue weighted by Gasteiger charge is 2.12. The van der Waals surface area contributed by atoms with Crippen LogP contribution in [0.3, 0.4) is 0 Å². The van der Waals surface area contributed by atoms with Crippen molar-refractivity contribution in [1.82, 2.24) is 9.78 Å². The van der Waals surface area contributed by atoms with Gasteiger partial charge in [-0.25, -0.2) is 4.68 Å². The van der Waals surface area contributed by atoms with Gasteiger partial charge in [-0.3, -0.25) is 4.79 Å². The molecular weight excluding hydrogens is 242 g/mol. The Morgan fingerprint density at radius 1 is 1.53 bits per heavy atom. The number of aliphatic hydroxyl groups is 1. The molecule has 0 fully saturated rings. The van der Waals surface area contributed by atoms with E-state index < -0.39 is 0 Å². The maximum Gasteiger partial charge on any atom is 0.287 e. The highest BCUT2D eigenvalue weighted by atomic mass is 35.5. The van der Waals surface area contributed by atoms with Crippen molar-refractivity contribution in [1.29, 1.82) is 0 Å². The molecule has 0 saturated heterocycles. The van der Waals surface area contributed by atoms with Gasteiger partial charge >= 0.3 is 0 Å². The van der Waals surface area contributed by atoms with Crippen LogP contribution in [0.15, 0.2) is 11.0 Å². The Balaban J connectivity index is 2.96. The van der Waals surface area contributed by atoms with Crippen molar-refractivity contribution in [2.75, 3.05) is 11.9 Å². The number of hydrogen-bond acceptors (Lipinski definition) is 4. The van der Waals surface area contributed by atoms with Crippen molar-refractivity contribution < 1.29 is 5.11 Å². The van der Waals surface area contributed by atoms with Gasteiger partial charge in [0.15, 0.2) is 0 Å². The van der Waals surface area contributed by atoms with Crippen molar-refractivity contribution in [3.63, 3.8) is 0 Å². The summed E-state index contributed by atoms with van der Waals surface area (Å²) in [6.07, 6.45) is 1.51. The SMILES string of the molecule is CC(C)C(C)Nc1cnn(CCO)c(=O)c1Cl. The number of anilines is 1. The maximum atomic E-state index is 11.7. The lowest BCUT2D eigenvalue weighted by Gasteiger charge is -2.19. The molecule has 0 aliphatic rings. The van der Waals surface area contributed by atoms with Gasteiger partial charge in [-0.1, -0.05) is 25.4 Å². The first kappa shape index (κ1) is 14.0. The Morgan fingerprint density at radius 2 is 2.18 bits per heavy atom. The van der Waals surface area contributed by atoms with Gasteiger partial charge in [-0.15, -0.1) is 0 Å². The Labute approximate surface area is 105 Å². The van der Waals surface area contributed by atoms with E-state index in [9.17, 15) is 4.79 Å². The van der Waals surface area contributed by atoms with Crippen LogP contribution in [0.25, 0.3) is 0 Å². The van der Waals surface area contributed by atoms with Crippen molar-refractivity contribution in [3.8, 4) is 0 Å². The van der Waals surface area contributed by atoms with Crippen LogP contribution in [0.5, 0.6) is 0 Å². The zero-order chi connectivity index (χ0) is 13.0. The molecule has 1 rings (SSSR count). The lowest BCUT2D eigenvalue weighted by Crippen LogP contribution is -2.28. The van der Waals surface area contributed by atoms with E-state index in [0.29, 0.717) is 11.6 Å². The molecule has 1 aromatic heterocycles. The fourth-order valence-electron chi connectivity index (χ4n) is 1.23. The number of aliphatic hydroxyl groups excluding tert-OH is 1. The molecule has 1 atom stereocenters. The Morgan fingerprint density at radius 3 is 2.71 bits per heavy atom. The van der Waals surface area contributed by atoms with E-state index in [4.69, 9.17) is 16.7 Å². The molecule has 0 aliphatic heterocycles. The number of nitrogens with one attached hydrogen (secondary N) is 1. The predicted molar refractivity (Wildman–Crippen MR) is 68.5 cm³/mol. The van der Waals surface area contributed by atoms with Crippen molar-refractivity contribution in [3.05, 3.63) is 21.6 Å². The van der Waals surface area contributed by atoms with Crippen molar-refractivity contribution in [2.24, 2.45) is 5.92 Å². The van der Waals surface area contributed by atoms with Crippen LogP contribution in [0, 0.1) is 5.92 Å². The van der Waals surface area contributed by atoms with Crippen LogP contribution < -0.4 is 10.9 Å². The van der Waals surface area contributed by atoms with Gasteiger partial charge in [0.05, 0.1) is 25.0 Å². The number of nitrogens with zero attached hydrogens (tertiary/aromatic N) is 2. The fourth-order valence-corrected chi connectivity index (χ4v) is 1.43. The van der Waals surface area contributed by atoms with Crippen molar-refractivity contribution in [2.45, 2.75) is 33.4 Å². The molecule has 6 heteroatoms. The summed E-state index contributed by atoms with van der Waals surface area (Å²) in [5.41, 5.74) is 0.147. The second-order valence-electron chi connectivity index (χ2n) is 4.30. The van der Waals surface area contributed by atoms with Crippen LogP contribution in [0.4, 0.5) is 5.69 Å². The molecule has 96 valence electrons. The summed E-state index contributed by atoms with van der Waals surface area (Å²) in [5.74, 6) is 0.422. The van der Waals surface area contributed by atoms with Gasteiger partial charge in [0.2, 0.25) is 0 Å². The van der Waals surface area contributed by atoms with Crippen LogP contribution in [0.1, 0.15) is 20.8 Å². The van der Waals surface area contributed by atoms with Crippen LogP contribution in [-0.4, -0.2) is 27.5 Å². The van der Waals surface area contributed by atoms with E-state index in [1.54, 1.807) is 0 Å². The molecule has 0 radical (unpaired) electrons. The Hall–Kier alpha value is -1.07. The third-order valence-electron chi connectivity index (χ3n) is 2.68. The van der Waals surface area contributed by atoms with E-state index in [-0.39, 0.29) is 29.8 Å². The monoisotopic (exact) mass is 259 g/mol. The van der Waals surface area contributed by atoms with E-state index >= 15 is 0 Å². The van der Waals surface area contributed by atoms with Gasteiger partial charge < -0.3 is 10.4 Å². The van der Waals surface area contributed by atoms with E-state index in [0.717, 1.165) is 4.68 Å². The predicted octanol–water partition coefficient (Wildman–Crippen LogP) is 1.35. The largest absolute Gasteiger partial charge is 0.394 e. The summed E-state index contributed by atoms with van der Waals surface area (Å²) >= 11 is 5.97. The number of aromatic nitrogens is 2. The number of rotatable bonds is 5. The summed E-state index contributed by atoms with van der Waals surface area (Å²) in [4.78, 5) is 11.7. The molecule has 5 nitrogen and oxygen atoms in total. The minimum Gasteiger partial charge on any atom is -0.394 e. The molecule has 0 spiro atoms. The molecule has 1 aromatic rings. The second-order valence-corrected chi connectivity index (χ2v) is 4.68. The summed E-state index contributed by atoms with van der Waals surface area (Å²) in [6.45, 7) is 6.18. The summed E-state index contributed by atoms with van der Waals surface area (Å²) in [5, 5.41) is 16.0. The van der Waals surface area contributed by atoms with Crippen LogP contribution in [-0.2, 0) is 6.54 Å². The third-order valence-corrected chi connectivity index (χ3v) is 3.05. The van der Waals surface area contributed by atoms with Crippen molar-refractivity contribution >= 4 is 17.3 Å². The third kappa shape index (κ3) is 3.44. The lowest BCUT2D eigenvalue weighted by molar-refractivity contribution is 0.266. The van der Waals surface area contributed by atoms with E-state index in [1.807, 2.05) is 6.92 Å². The highest BCUT2D eigenvalue weighted by Crippen LogP contribution is 2.18.